The van der Waals surface area contributed by atoms with Crippen LogP contribution < -0.4 is 5.32 Å². The van der Waals surface area contributed by atoms with Crippen molar-refractivity contribution in [1.82, 2.24) is 5.32 Å². The number of carboxylic acids is 1. The van der Waals surface area contributed by atoms with Crippen molar-refractivity contribution >= 4 is 23.6 Å². The van der Waals surface area contributed by atoms with Gasteiger partial charge in [0.25, 0.3) is 0 Å². The fourth-order valence-electron chi connectivity index (χ4n) is 2.67. The topological polar surface area (TPSA) is 66.4 Å². The van der Waals surface area contributed by atoms with E-state index in [-0.39, 0.29) is 17.9 Å². The fourth-order valence-corrected chi connectivity index (χ4v) is 3.83. The van der Waals surface area contributed by atoms with E-state index in [1.165, 1.54) is 4.90 Å². The third kappa shape index (κ3) is 2.23. The molecule has 2 aliphatic rings. The molecule has 3 rings (SSSR count). The van der Waals surface area contributed by atoms with Crippen LogP contribution in [0, 0.1) is 11.8 Å². The number of carbonyl (C=O) groups is 2. The first-order valence-corrected chi connectivity index (χ1v) is 7.40. The van der Waals surface area contributed by atoms with Crippen molar-refractivity contribution in [2.24, 2.45) is 11.8 Å². The Balaban J connectivity index is 1.67. The van der Waals surface area contributed by atoms with Gasteiger partial charge in [0.2, 0.25) is 5.91 Å². The minimum absolute atomic E-state index is 0.0174. The summed E-state index contributed by atoms with van der Waals surface area (Å²) in [5.74, 6) is -0.983. The highest BCUT2D eigenvalue weighted by Gasteiger charge is 2.42. The van der Waals surface area contributed by atoms with E-state index in [9.17, 15) is 9.59 Å². The van der Waals surface area contributed by atoms with Crippen LogP contribution in [-0.4, -0.2) is 22.7 Å². The predicted octanol–water partition coefficient (Wildman–Crippen LogP) is 2.06. The predicted molar refractivity (Wildman–Crippen MR) is 71.9 cm³/mol. The normalized spacial score (nSPS) is 28.3. The van der Waals surface area contributed by atoms with Crippen LogP contribution in [0.15, 0.2) is 29.2 Å². The molecule has 19 heavy (non-hydrogen) atoms. The molecule has 2 N–H and O–H groups in total. The number of fused-ring (bicyclic) bond motifs is 1. The molecule has 4 nitrogen and oxygen atoms in total. The number of nitrogens with one attached hydrogen (secondary N) is 1. The average molecular weight is 277 g/mol. The molecule has 3 unspecified atom stereocenters. The maximum absolute atomic E-state index is 12.1. The maximum Gasteiger partial charge on any atom is 0.307 e. The lowest BCUT2D eigenvalue weighted by molar-refractivity contribution is -0.152. The van der Waals surface area contributed by atoms with Gasteiger partial charge in [-0.15, -0.1) is 11.8 Å². The summed E-state index contributed by atoms with van der Waals surface area (Å²) in [6.45, 7) is 0. The molecule has 0 saturated heterocycles. The van der Waals surface area contributed by atoms with Crippen LogP contribution in [0.3, 0.4) is 0 Å². The molecule has 1 heterocycles. The van der Waals surface area contributed by atoms with Gasteiger partial charge in [-0.2, -0.15) is 0 Å². The monoisotopic (exact) mass is 277 g/mol. The van der Waals surface area contributed by atoms with E-state index in [0.717, 1.165) is 11.3 Å². The zero-order chi connectivity index (χ0) is 13.4. The lowest BCUT2D eigenvalue weighted by Gasteiger charge is -2.32. The van der Waals surface area contributed by atoms with E-state index in [4.69, 9.17) is 5.11 Å². The van der Waals surface area contributed by atoms with Crippen molar-refractivity contribution in [3.63, 3.8) is 0 Å². The number of carboxylic acid groups (broad SMARTS) is 1. The van der Waals surface area contributed by atoms with Gasteiger partial charge in [0.05, 0.1) is 17.9 Å². The summed E-state index contributed by atoms with van der Waals surface area (Å²) in [6, 6.07) is 8.05. The van der Waals surface area contributed by atoms with Crippen LogP contribution in [0.1, 0.15) is 24.4 Å². The SMILES string of the molecule is O=C(O)C1CCC1C(=O)NC1CSc2ccccc21. The van der Waals surface area contributed by atoms with Crippen LogP contribution in [0.5, 0.6) is 0 Å². The van der Waals surface area contributed by atoms with Gasteiger partial charge in [0.15, 0.2) is 0 Å². The summed E-state index contributed by atoms with van der Waals surface area (Å²) in [7, 11) is 0. The average Bonchev–Trinajstić information content (AvgIpc) is 2.70. The number of rotatable bonds is 3. The zero-order valence-corrected chi connectivity index (χ0v) is 11.2. The van der Waals surface area contributed by atoms with Gasteiger partial charge in [-0.3, -0.25) is 9.59 Å². The third-order valence-electron chi connectivity index (χ3n) is 3.94. The van der Waals surface area contributed by atoms with E-state index in [1.54, 1.807) is 11.8 Å². The molecular formula is C14H15NO3S. The van der Waals surface area contributed by atoms with E-state index in [0.29, 0.717) is 12.8 Å². The fraction of sp³-hybridized carbons (Fsp3) is 0.429. The number of thioether (sulfide) groups is 1. The van der Waals surface area contributed by atoms with Crippen LogP contribution >= 0.6 is 11.8 Å². The Kier molecular flexibility index (Phi) is 3.22. The van der Waals surface area contributed by atoms with Gasteiger partial charge >= 0.3 is 5.97 Å². The summed E-state index contributed by atoms with van der Waals surface area (Å²) in [5, 5.41) is 12.0. The molecule has 1 saturated carbocycles. The summed E-state index contributed by atoms with van der Waals surface area (Å²) < 4.78 is 0. The van der Waals surface area contributed by atoms with Gasteiger partial charge in [-0.05, 0) is 24.5 Å². The number of hydrogen-bond donors (Lipinski definition) is 2. The van der Waals surface area contributed by atoms with Gasteiger partial charge in [-0.1, -0.05) is 18.2 Å². The Morgan fingerprint density at radius 2 is 1.95 bits per heavy atom. The van der Waals surface area contributed by atoms with Crippen molar-refractivity contribution in [1.29, 1.82) is 0 Å². The van der Waals surface area contributed by atoms with Gasteiger partial charge in [-0.25, -0.2) is 0 Å². The molecule has 1 amide bonds. The van der Waals surface area contributed by atoms with Crippen molar-refractivity contribution in [2.75, 3.05) is 5.75 Å². The van der Waals surface area contributed by atoms with Crippen LogP contribution in [0.25, 0.3) is 0 Å². The van der Waals surface area contributed by atoms with Crippen LogP contribution in [0.4, 0.5) is 0 Å². The van der Waals surface area contributed by atoms with E-state index >= 15 is 0 Å². The maximum atomic E-state index is 12.1. The summed E-state index contributed by atoms with van der Waals surface area (Å²) in [6.07, 6.45) is 1.30. The number of amides is 1. The Labute approximate surface area is 115 Å². The highest BCUT2D eigenvalue weighted by Crippen LogP contribution is 2.39. The zero-order valence-electron chi connectivity index (χ0n) is 10.3. The molecule has 1 fully saturated rings. The molecule has 1 aliphatic heterocycles. The first kappa shape index (κ1) is 12.5. The van der Waals surface area contributed by atoms with Gasteiger partial charge in [0, 0.05) is 10.6 Å². The van der Waals surface area contributed by atoms with E-state index in [2.05, 4.69) is 11.4 Å². The third-order valence-corrected chi connectivity index (χ3v) is 5.13. The van der Waals surface area contributed by atoms with Crippen molar-refractivity contribution in [2.45, 2.75) is 23.8 Å². The lowest BCUT2D eigenvalue weighted by Crippen LogP contribution is -2.45. The molecular weight excluding hydrogens is 262 g/mol. The second kappa shape index (κ2) is 4.89. The molecule has 1 aromatic rings. The highest BCUT2D eigenvalue weighted by atomic mass is 32.2. The number of aliphatic carboxylic acids is 1. The Morgan fingerprint density at radius 3 is 2.63 bits per heavy atom. The largest absolute Gasteiger partial charge is 0.481 e. The van der Waals surface area contributed by atoms with Crippen LogP contribution in [0.2, 0.25) is 0 Å². The van der Waals surface area contributed by atoms with Gasteiger partial charge in [0.1, 0.15) is 0 Å². The minimum Gasteiger partial charge on any atom is -0.481 e. The van der Waals surface area contributed by atoms with Crippen LogP contribution in [-0.2, 0) is 9.59 Å². The number of benzene rings is 1. The minimum atomic E-state index is -0.854. The molecule has 3 atom stereocenters. The smallest absolute Gasteiger partial charge is 0.307 e. The number of carbonyl (C=O) groups excluding carboxylic acids is 1. The molecule has 100 valence electrons. The van der Waals surface area contributed by atoms with Crippen molar-refractivity contribution < 1.29 is 14.7 Å². The summed E-state index contributed by atoms with van der Waals surface area (Å²) in [5.41, 5.74) is 1.15. The Hall–Kier alpha value is -1.49. The van der Waals surface area contributed by atoms with E-state index in [1.807, 2.05) is 18.2 Å². The first-order valence-electron chi connectivity index (χ1n) is 6.41. The standard InChI is InChI=1S/C14H15NO3S/c16-13(8-5-6-9(8)14(17)18)15-11-7-19-12-4-2-1-3-10(11)12/h1-4,8-9,11H,5-7H2,(H,15,16)(H,17,18). The second-order valence-electron chi connectivity index (χ2n) is 5.04. The molecule has 0 radical (unpaired) electrons. The lowest BCUT2D eigenvalue weighted by atomic mass is 9.73. The Bertz CT molecular complexity index is 531. The molecule has 1 aromatic carbocycles. The van der Waals surface area contributed by atoms with Gasteiger partial charge < -0.3 is 10.4 Å². The highest BCUT2D eigenvalue weighted by molar-refractivity contribution is 7.99. The molecule has 5 heteroatoms. The molecule has 0 spiro atoms. The Morgan fingerprint density at radius 1 is 1.21 bits per heavy atom. The van der Waals surface area contributed by atoms with Crippen molar-refractivity contribution in [3.8, 4) is 0 Å². The molecule has 0 aromatic heterocycles. The quantitative estimate of drug-likeness (QED) is 0.887. The first-order chi connectivity index (χ1) is 9.16. The van der Waals surface area contributed by atoms with E-state index < -0.39 is 11.9 Å². The van der Waals surface area contributed by atoms with Crippen molar-refractivity contribution in [3.05, 3.63) is 29.8 Å². The molecule has 1 aliphatic carbocycles. The summed E-state index contributed by atoms with van der Waals surface area (Å²) >= 11 is 1.73. The number of hydrogen-bond acceptors (Lipinski definition) is 3. The summed E-state index contributed by atoms with van der Waals surface area (Å²) in [4.78, 5) is 24.3. The second-order valence-corrected chi connectivity index (χ2v) is 6.10. The molecule has 0 bridgehead atoms.